The van der Waals surface area contributed by atoms with Crippen molar-refractivity contribution in [3.05, 3.63) is 93.5 Å². The molecule has 2 aromatic carbocycles. The van der Waals surface area contributed by atoms with Crippen LogP contribution in [0.1, 0.15) is 81.5 Å². The predicted octanol–water partition coefficient (Wildman–Crippen LogP) is 7.28. The maximum Gasteiger partial charge on any atom is 0.162 e. The molecule has 196 valence electrons. The minimum absolute atomic E-state index is 0.100. The highest BCUT2D eigenvalue weighted by molar-refractivity contribution is 6.08. The van der Waals surface area contributed by atoms with Crippen LogP contribution in [-0.4, -0.2) is 16.1 Å². The zero-order valence-corrected chi connectivity index (χ0v) is 23.5. The number of rotatable bonds is 3. The van der Waals surface area contributed by atoms with Gasteiger partial charge in [0.2, 0.25) is 0 Å². The smallest absolute Gasteiger partial charge is 0.162 e. The third-order valence-corrected chi connectivity index (χ3v) is 8.77. The van der Waals surface area contributed by atoms with Gasteiger partial charge in [-0.15, -0.1) is 0 Å². The number of aromatic nitrogens is 1. The fourth-order valence-corrected chi connectivity index (χ4v) is 6.93. The number of benzene rings is 2. The Labute approximate surface area is 225 Å². The largest absolute Gasteiger partial charge is 0.362 e. The van der Waals surface area contributed by atoms with Crippen LogP contribution < -0.4 is 5.32 Å². The second-order valence-corrected chi connectivity index (χ2v) is 13.4. The van der Waals surface area contributed by atoms with Gasteiger partial charge in [-0.1, -0.05) is 64.1 Å². The van der Waals surface area contributed by atoms with E-state index in [4.69, 9.17) is 0 Å². The monoisotopic (exact) mass is 506 g/mol. The summed E-state index contributed by atoms with van der Waals surface area (Å²) in [5.41, 5.74) is 9.49. The molecule has 2 aliphatic carbocycles. The zero-order chi connectivity index (χ0) is 27.0. The number of fused-ring (bicyclic) bond motifs is 1. The first-order valence-corrected chi connectivity index (χ1v) is 13.9. The number of nitrogens with one attached hydrogen (secondary N) is 1. The summed E-state index contributed by atoms with van der Waals surface area (Å²) in [6.45, 7) is 13.7. The van der Waals surface area contributed by atoms with Crippen LogP contribution in [0.5, 0.6) is 0 Å². The molecule has 0 bridgehead atoms. The first kappa shape index (κ1) is 24.9. The number of carbonyl (C=O) groups is 2. The molecule has 0 radical (unpaired) electrons. The number of hydrogen-bond acceptors (Lipinski definition) is 3. The Bertz CT molecular complexity index is 1520. The number of Topliss-reactive ketones (excluding diaryl/α,β-unsaturated/α-hetero) is 2. The molecule has 4 heteroatoms. The Hall–Kier alpha value is -3.40. The molecule has 0 unspecified atom stereocenters. The summed E-state index contributed by atoms with van der Waals surface area (Å²) in [6.07, 6.45) is 4.86. The average Bonchev–Trinajstić information content (AvgIpc) is 3.16. The summed E-state index contributed by atoms with van der Waals surface area (Å²) in [5, 5.41) is 4.77. The molecule has 0 amide bonds. The molecule has 0 saturated heterocycles. The van der Waals surface area contributed by atoms with E-state index in [0.717, 1.165) is 58.4 Å². The van der Waals surface area contributed by atoms with Gasteiger partial charge in [0.05, 0.1) is 0 Å². The molecule has 2 heterocycles. The van der Waals surface area contributed by atoms with Crippen molar-refractivity contribution < 1.29 is 9.59 Å². The third-order valence-electron chi connectivity index (χ3n) is 8.77. The van der Waals surface area contributed by atoms with Gasteiger partial charge in [-0.05, 0) is 65.8 Å². The number of allylic oxidation sites excluding steroid dienone is 4. The molecule has 0 atom stereocenters. The van der Waals surface area contributed by atoms with E-state index in [1.165, 1.54) is 16.7 Å². The van der Waals surface area contributed by atoms with Crippen molar-refractivity contribution in [2.45, 2.75) is 79.7 Å². The van der Waals surface area contributed by atoms with E-state index < -0.39 is 0 Å². The van der Waals surface area contributed by atoms with Crippen LogP contribution in [-0.2, 0) is 16.1 Å². The van der Waals surface area contributed by atoms with Crippen molar-refractivity contribution in [3.63, 3.8) is 0 Å². The quantitative estimate of drug-likeness (QED) is 0.406. The van der Waals surface area contributed by atoms with Gasteiger partial charge in [0, 0.05) is 64.9 Å². The Kier molecular flexibility index (Phi) is 5.61. The summed E-state index contributed by atoms with van der Waals surface area (Å²) >= 11 is 0. The highest BCUT2D eigenvalue weighted by atomic mass is 16.1. The summed E-state index contributed by atoms with van der Waals surface area (Å²) in [7, 11) is 0. The van der Waals surface area contributed by atoms with Gasteiger partial charge < -0.3 is 9.88 Å². The lowest BCUT2D eigenvalue weighted by molar-refractivity contribution is -0.119. The molecule has 3 aliphatic rings. The van der Waals surface area contributed by atoms with Gasteiger partial charge in [-0.3, -0.25) is 9.59 Å². The molecule has 1 aromatic heterocycles. The lowest BCUT2D eigenvalue weighted by atomic mass is 9.64. The number of para-hydroxylation sites is 1. The Balaban J connectivity index is 1.55. The molecule has 0 fully saturated rings. The molecule has 3 aromatic rings. The fourth-order valence-electron chi connectivity index (χ4n) is 6.93. The summed E-state index contributed by atoms with van der Waals surface area (Å²) in [4.78, 5) is 27.6. The second-order valence-electron chi connectivity index (χ2n) is 13.4. The number of aryl methyl sites for hydroxylation is 2. The van der Waals surface area contributed by atoms with E-state index in [-0.39, 0.29) is 28.3 Å². The molecule has 1 aliphatic heterocycles. The Morgan fingerprint density at radius 1 is 0.816 bits per heavy atom. The third kappa shape index (κ3) is 4.15. The van der Waals surface area contributed by atoms with Crippen LogP contribution in [0.2, 0.25) is 0 Å². The second kappa shape index (κ2) is 8.56. The van der Waals surface area contributed by atoms with Gasteiger partial charge in [0.15, 0.2) is 11.6 Å². The molecular weight excluding hydrogens is 468 g/mol. The normalized spacial score (nSPS) is 21.0. The predicted molar refractivity (Wildman–Crippen MR) is 153 cm³/mol. The van der Waals surface area contributed by atoms with Crippen molar-refractivity contribution in [1.29, 1.82) is 0 Å². The molecule has 1 N–H and O–H groups in total. The number of carbonyl (C=O) groups excluding carboxylic acids is 2. The van der Waals surface area contributed by atoms with E-state index in [9.17, 15) is 9.59 Å². The number of dihydropyridines is 1. The first-order chi connectivity index (χ1) is 17.9. The molecule has 6 rings (SSSR count). The number of hydrogen-bond donors (Lipinski definition) is 1. The van der Waals surface area contributed by atoms with Gasteiger partial charge >= 0.3 is 0 Å². The summed E-state index contributed by atoms with van der Waals surface area (Å²) in [5.74, 6) is 0.0206. The van der Waals surface area contributed by atoms with Gasteiger partial charge in [-0.2, -0.15) is 0 Å². The van der Waals surface area contributed by atoms with E-state index in [1.807, 2.05) is 0 Å². The standard InChI is InChI=1S/C34H38N2O2/c1-20-11-12-22(13-21(20)2)18-36-19-24(23-9-7-8-10-27(23)36)30-31-25(14-33(3,4)16-28(31)37)35-26-15-34(5,6)17-29(38)32(26)30/h7-13,19,30,35H,14-18H2,1-6H3. The maximum absolute atomic E-state index is 13.8. The van der Waals surface area contributed by atoms with Crippen LogP contribution in [0.25, 0.3) is 10.9 Å². The fraction of sp³-hybridized carbons (Fsp3) is 0.412. The van der Waals surface area contributed by atoms with Crippen LogP contribution in [0.3, 0.4) is 0 Å². The van der Waals surface area contributed by atoms with Crippen LogP contribution in [0, 0.1) is 24.7 Å². The van der Waals surface area contributed by atoms with E-state index in [1.54, 1.807) is 0 Å². The number of ketones is 2. The van der Waals surface area contributed by atoms with E-state index in [0.29, 0.717) is 12.8 Å². The van der Waals surface area contributed by atoms with Gasteiger partial charge in [0.25, 0.3) is 0 Å². The van der Waals surface area contributed by atoms with Gasteiger partial charge in [-0.25, -0.2) is 0 Å². The molecular formula is C34H38N2O2. The SMILES string of the molecule is Cc1ccc(Cn2cc(C3C4=C(CC(C)(C)CC4=O)NC4=C3C(=O)CC(C)(C)C4)c3ccccc32)cc1C. The van der Waals surface area contributed by atoms with Gasteiger partial charge in [0.1, 0.15) is 0 Å². The highest BCUT2D eigenvalue weighted by Crippen LogP contribution is 2.52. The molecule has 38 heavy (non-hydrogen) atoms. The Morgan fingerprint density at radius 3 is 2.03 bits per heavy atom. The van der Waals surface area contributed by atoms with E-state index in [2.05, 4.69) is 100 Å². The maximum atomic E-state index is 13.8. The highest BCUT2D eigenvalue weighted by Gasteiger charge is 2.47. The average molecular weight is 507 g/mol. The zero-order valence-electron chi connectivity index (χ0n) is 23.5. The van der Waals surface area contributed by atoms with E-state index >= 15 is 0 Å². The number of nitrogens with zero attached hydrogens (tertiary/aromatic N) is 1. The van der Waals surface area contributed by atoms with Crippen molar-refractivity contribution in [1.82, 2.24) is 9.88 Å². The van der Waals surface area contributed by atoms with Crippen molar-refractivity contribution >= 4 is 22.5 Å². The summed E-state index contributed by atoms with van der Waals surface area (Å²) in [6, 6.07) is 15.1. The molecule has 0 saturated carbocycles. The topological polar surface area (TPSA) is 51.1 Å². The van der Waals surface area contributed by atoms with Crippen LogP contribution >= 0.6 is 0 Å². The van der Waals surface area contributed by atoms with Crippen molar-refractivity contribution in [2.24, 2.45) is 10.8 Å². The molecule has 4 nitrogen and oxygen atoms in total. The lowest BCUT2D eigenvalue weighted by Gasteiger charge is -2.43. The summed E-state index contributed by atoms with van der Waals surface area (Å²) < 4.78 is 2.30. The van der Waals surface area contributed by atoms with Crippen molar-refractivity contribution in [3.8, 4) is 0 Å². The first-order valence-electron chi connectivity index (χ1n) is 13.9. The van der Waals surface area contributed by atoms with Crippen molar-refractivity contribution in [2.75, 3.05) is 0 Å². The van der Waals surface area contributed by atoms with Crippen LogP contribution in [0.4, 0.5) is 0 Å². The molecule has 0 spiro atoms. The minimum Gasteiger partial charge on any atom is -0.362 e. The minimum atomic E-state index is -0.320. The van der Waals surface area contributed by atoms with Crippen LogP contribution in [0.15, 0.2) is 71.2 Å². The lowest BCUT2D eigenvalue weighted by Crippen LogP contribution is -2.42. The Morgan fingerprint density at radius 2 is 1.42 bits per heavy atom.